The van der Waals surface area contributed by atoms with Gasteiger partial charge in [-0.15, -0.1) is 0 Å². The molecule has 80 valence electrons. The molecule has 0 amide bonds. The standard InChI is InChI=1S/C14H13NO/c1-12-11-16-14(15-12)10-6-5-9-13-7-3-2-4-8-13/h2-4,7-8,11H,6,10H2,1H3. The molecule has 1 aromatic carbocycles. The molecular formula is C14H13NO. The molecule has 16 heavy (non-hydrogen) atoms. The average molecular weight is 211 g/mol. The van der Waals surface area contributed by atoms with E-state index < -0.39 is 0 Å². The van der Waals surface area contributed by atoms with Crippen molar-refractivity contribution in [3.63, 3.8) is 0 Å². The summed E-state index contributed by atoms with van der Waals surface area (Å²) < 4.78 is 5.24. The van der Waals surface area contributed by atoms with E-state index in [0.717, 1.165) is 30.0 Å². The third-order valence-corrected chi connectivity index (χ3v) is 2.14. The fourth-order valence-electron chi connectivity index (χ4n) is 1.37. The Hall–Kier alpha value is -2.01. The summed E-state index contributed by atoms with van der Waals surface area (Å²) in [4.78, 5) is 4.22. The first-order valence-corrected chi connectivity index (χ1v) is 5.29. The Morgan fingerprint density at radius 2 is 2.06 bits per heavy atom. The van der Waals surface area contributed by atoms with Crippen LogP contribution in [0.15, 0.2) is 41.0 Å². The Morgan fingerprint density at radius 1 is 1.25 bits per heavy atom. The van der Waals surface area contributed by atoms with E-state index in [4.69, 9.17) is 4.42 Å². The minimum atomic E-state index is 0.764. The van der Waals surface area contributed by atoms with Gasteiger partial charge in [-0.25, -0.2) is 4.98 Å². The lowest BCUT2D eigenvalue weighted by Crippen LogP contribution is -1.83. The lowest BCUT2D eigenvalue weighted by molar-refractivity contribution is 0.496. The van der Waals surface area contributed by atoms with Crippen LogP contribution in [0.25, 0.3) is 0 Å². The molecule has 1 heterocycles. The average Bonchev–Trinajstić information content (AvgIpc) is 2.72. The largest absolute Gasteiger partial charge is 0.449 e. The van der Waals surface area contributed by atoms with Crippen LogP contribution in [0.4, 0.5) is 0 Å². The second-order valence-corrected chi connectivity index (χ2v) is 3.55. The van der Waals surface area contributed by atoms with Crippen LogP contribution in [0.3, 0.4) is 0 Å². The van der Waals surface area contributed by atoms with Gasteiger partial charge in [0.05, 0.1) is 5.69 Å². The minimum absolute atomic E-state index is 0.764. The Labute approximate surface area is 95.3 Å². The molecule has 0 aliphatic rings. The van der Waals surface area contributed by atoms with E-state index in [1.165, 1.54) is 0 Å². The first-order chi connectivity index (χ1) is 7.84. The Morgan fingerprint density at radius 3 is 2.75 bits per heavy atom. The van der Waals surface area contributed by atoms with E-state index in [0.29, 0.717) is 0 Å². The Balaban J connectivity index is 1.87. The predicted molar refractivity (Wildman–Crippen MR) is 62.9 cm³/mol. The van der Waals surface area contributed by atoms with Crippen molar-refractivity contribution in [1.82, 2.24) is 4.98 Å². The van der Waals surface area contributed by atoms with E-state index in [1.807, 2.05) is 37.3 Å². The number of aromatic nitrogens is 1. The molecule has 2 rings (SSSR count). The summed E-state index contributed by atoms with van der Waals surface area (Å²) in [6.07, 6.45) is 3.21. The van der Waals surface area contributed by atoms with Crippen LogP contribution in [0, 0.1) is 18.8 Å². The van der Waals surface area contributed by atoms with Gasteiger partial charge in [0, 0.05) is 18.4 Å². The number of benzene rings is 1. The van der Waals surface area contributed by atoms with Gasteiger partial charge in [0.15, 0.2) is 5.89 Å². The maximum atomic E-state index is 5.24. The number of nitrogens with zero attached hydrogens (tertiary/aromatic N) is 1. The molecule has 2 nitrogen and oxygen atoms in total. The van der Waals surface area contributed by atoms with Gasteiger partial charge in [0.2, 0.25) is 0 Å². The monoisotopic (exact) mass is 211 g/mol. The quantitative estimate of drug-likeness (QED) is 0.714. The highest BCUT2D eigenvalue weighted by atomic mass is 16.3. The summed E-state index contributed by atoms with van der Waals surface area (Å²) in [5.41, 5.74) is 1.97. The van der Waals surface area contributed by atoms with Crippen molar-refractivity contribution in [3.05, 3.63) is 53.7 Å². The molecule has 2 heteroatoms. The Kier molecular flexibility index (Phi) is 3.40. The van der Waals surface area contributed by atoms with Gasteiger partial charge in [-0.2, -0.15) is 0 Å². The zero-order valence-corrected chi connectivity index (χ0v) is 9.23. The second-order valence-electron chi connectivity index (χ2n) is 3.55. The van der Waals surface area contributed by atoms with Crippen molar-refractivity contribution in [2.24, 2.45) is 0 Å². The van der Waals surface area contributed by atoms with E-state index >= 15 is 0 Å². The van der Waals surface area contributed by atoms with Gasteiger partial charge in [-0.05, 0) is 19.1 Å². The molecule has 1 aromatic heterocycles. The van der Waals surface area contributed by atoms with Crippen LogP contribution in [0.1, 0.15) is 23.6 Å². The number of oxazole rings is 1. The summed E-state index contributed by atoms with van der Waals surface area (Å²) in [6, 6.07) is 9.97. The topological polar surface area (TPSA) is 26.0 Å². The van der Waals surface area contributed by atoms with Crippen molar-refractivity contribution in [2.45, 2.75) is 19.8 Å². The summed E-state index contributed by atoms with van der Waals surface area (Å²) in [7, 11) is 0. The van der Waals surface area contributed by atoms with Crippen molar-refractivity contribution in [2.75, 3.05) is 0 Å². The van der Waals surface area contributed by atoms with E-state index in [9.17, 15) is 0 Å². The zero-order chi connectivity index (χ0) is 11.2. The fourth-order valence-corrected chi connectivity index (χ4v) is 1.37. The van der Waals surface area contributed by atoms with Gasteiger partial charge >= 0.3 is 0 Å². The maximum Gasteiger partial charge on any atom is 0.195 e. The third-order valence-electron chi connectivity index (χ3n) is 2.14. The number of hydrogen-bond acceptors (Lipinski definition) is 2. The second kappa shape index (κ2) is 5.18. The van der Waals surface area contributed by atoms with Gasteiger partial charge in [0.1, 0.15) is 6.26 Å². The third kappa shape index (κ3) is 2.99. The van der Waals surface area contributed by atoms with Gasteiger partial charge in [0.25, 0.3) is 0 Å². The maximum absolute atomic E-state index is 5.24. The molecule has 0 aliphatic carbocycles. The minimum Gasteiger partial charge on any atom is -0.449 e. The molecule has 0 radical (unpaired) electrons. The summed E-state index contributed by atoms with van der Waals surface area (Å²) in [5, 5.41) is 0. The molecule has 0 aliphatic heterocycles. The van der Waals surface area contributed by atoms with Crippen LogP contribution in [-0.4, -0.2) is 4.98 Å². The molecule has 0 fully saturated rings. The van der Waals surface area contributed by atoms with Crippen molar-refractivity contribution in [1.29, 1.82) is 0 Å². The van der Waals surface area contributed by atoms with E-state index in [2.05, 4.69) is 16.8 Å². The SMILES string of the molecule is Cc1coc(CCC#Cc2ccccc2)n1. The summed E-state index contributed by atoms with van der Waals surface area (Å²) >= 11 is 0. The van der Waals surface area contributed by atoms with E-state index in [1.54, 1.807) is 6.26 Å². The van der Waals surface area contributed by atoms with Crippen molar-refractivity contribution >= 4 is 0 Å². The summed E-state index contributed by atoms with van der Waals surface area (Å²) in [5.74, 6) is 6.98. The van der Waals surface area contributed by atoms with Gasteiger partial charge in [-0.1, -0.05) is 30.0 Å². The predicted octanol–water partition coefficient (Wildman–Crippen LogP) is 2.97. The summed E-state index contributed by atoms with van der Waals surface area (Å²) in [6.45, 7) is 1.92. The lowest BCUT2D eigenvalue weighted by atomic mass is 10.2. The highest BCUT2D eigenvalue weighted by Crippen LogP contribution is 2.03. The molecular weight excluding hydrogens is 198 g/mol. The molecule has 0 unspecified atom stereocenters. The highest BCUT2D eigenvalue weighted by molar-refractivity contribution is 5.33. The number of rotatable bonds is 2. The molecule has 0 bridgehead atoms. The molecule has 2 aromatic rings. The van der Waals surface area contributed by atoms with Gasteiger partial charge in [-0.3, -0.25) is 0 Å². The van der Waals surface area contributed by atoms with Crippen LogP contribution in [-0.2, 0) is 6.42 Å². The van der Waals surface area contributed by atoms with Crippen LogP contribution >= 0.6 is 0 Å². The lowest BCUT2D eigenvalue weighted by Gasteiger charge is -1.88. The smallest absolute Gasteiger partial charge is 0.195 e. The Bertz CT molecular complexity index is 502. The van der Waals surface area contributed by atoms with Crippen LogP contribution in [0.5, 0.6) is 0 Å². The molecule has 0 N–H and O–H groups in total. The zero-order valence-electron chi connectivity index (χ0n) is 9.23. The van der Waals surface area contributed by atoms with Crippen molar-refractivity contribution < 1.29 is 4.42 Å². The number of hydrogen-bond donors (Lipinski definition) is 0. The first-order valence-electron chi connectivity index (χ1n) is 5.29. The highest BCUT2D eigenvalue weighted by Gasteiger charge is 1.97. The van der Waals surface area contributed by atoms with Crippen molar-refractivity contribution in [3.8, 4) is 11.8 Å². The van der Waals surface area contributed by atoms with Crippen LogP contribution in [0.2, 0.25) is 0 Å². The van der Waals surface area contributed by atoms with Gasteiger partial charge < -0.3 is 4.42 Å². The van der Waals surface area contributed by atoms with Crippen LogP contribution < -0.4 is 0 Å². The van der Waals surface area contributed by atoms with E-state index in [-0.39, 0.29) is 0 Å². The molecule has 0 atom stereocenters. The first kappa shape index (κ1) is 10.5. The normalized spacial score (nSPS) is 9.56. The number of aryl methyl sites for hydroxylation is 2. The molecule has 0 spiro atoms. The molecule has 0 saturated heterocycles. The molecule has 0 saturated carbocycles. The fraction of sp³-hybridized carbons (Fsp3) is 0.214.